The molecule has 2 aliphatic carbocycles. The van der Waals surface area contributed by atoms with Gasteiger partial charge in [-0.1, -0.05) is 19.8 Å². The maximum Gasteiger partial charge on any atom is 0.00392 e. The molecule has 0 saturated heterocycles. The van der Waals surface area contributed by atoms with Crippen LogP contribution in [0.5, 0.6) is 0 Å². The van der Waals surface area contributed by atoms with E-state index in [1.165, 1.54) is 51.4 Å². The zero-order valence-electron chi connectivity index (χ0n) is 8.89. The van der Waals surface area contributed by atoms with Gasteiger partial charge in [0.25, 0.3) is 0 Å². The summed E-state index contributed by atoms with van der Waals surface area (Å²) in [5, 5.41) is 0. The molecule has 0 radical (unpaired) electrons. The van der Waals surface area contributed by atoms with Gasteiger partial charge in [-0.05, 0) is 49.9 Å². The van der Waals surface area contributed by atoms with Crippen LogP contribution < -0.4 is 5.73 Å². The van der Waals surface area contributed by atoms with E-state index in [0.717, 1.165) is 5.92 Å². The van der Waals surface area contributed by atoms with Crippen LogP contribution in [0.25, 0.3) is 0 Å². The van der Waals surface area contributed by atoms with Crippen molar-refractivity contribution in [3.8, 4) is 0 Å². The Kier molecular flexibility index (Phi) is 2.64. The van der Waals surface area contributed by atoms with Gasteiger partial charge in [-0.3, -0.25) is 0 Å². The van der Waals surface area contributed by atoms with Crippen molar-refractivity contribution >= 4 is 0 Å². The minimum atomic E-state index is 0.509. The summed E-state index contributed by atoms with van der Waals surface area (Å²) in [4.78, 5) is 0. The maximum atomic E-state index is 5.95. The second-order valence-corrected chi connectivity index (χ2v) is 5.47. The van der Waals surface area contributed by atoms with E-state index in [-0.39, 0.29) is 0 Å². The van der Waals surface area contributed by atoms with Crippen LogP contribution in [0, 0.1) is 11.3 Å². The van der Waals surface area contributed by atoms with Crippen LogP contribution >= 0.6 is 0 Å². The molecule has 0 spiro atoms. The van der Waals surface area contributed by atoms with Crippen molar-refractivity contribution in [3.63, 3.8) is 0 Å². The number of nitrogens with two attached hydrogens (primary N) is 1. The van der Waals surface area contributed by atoms with Gasteiger partial charge in [0.2, 0.25) is 0 Å². The summed E-state index contributed by atoms with van der Waals surface area (Å²) in [6.07, 6.45) is 11.3. The first kappa shape index (κ1) is 9.51. The minimum absolute atomic E-state index is 0.509. The van der Waals surface area contributed by atoms with Crippen molar-refractivity contribution in [2.75, 3.05) is 0 Å². The molecule has 0 atom stereocenters. The highest BCUT2D eigenvalue weighted by atomic mass is 14.6. The van der Waals surface area contributed by atoms with Crippen molar-refractivity contribution in [2.24, 2.45) is 17.1 Å². The first-order valence-electron chi connectivity index (χ1n) is 5.96. The molecule has 1 heteroatoms. The van der Waals surface area contributed by atoms with Crippen molar-refractivity contribution in [1.29, 1.82) is 0 Å². The zero-order valence-corrected chi connectivity index (χ0v) is 8.89. The normalized spacial score (nSPS) is 42.5. The van der Waals surface area contributed by atoms with Crippen LogP contribution in [0.2, 0.25) is 0 Å². The first-order chi connectivity index (χ1) is 6.21. The van der Waals surface area contributed by atoms with Crippen LogP contribution in [0.4, 0.5) is 0 Å². The van der Waals surface area contributed by atoms with E-state index in [2.05, 4.69) is 6.92 Å². The highest BCUT2D eigenvalue weighted by Gasteiger charge is 2.38. The second-order valence-electron chi connectivity index (χ2n) is 5.47. The molecule has 0 amide bonds. The summed E-state index contributed by atoms with van der Waals surface area (Å²) in [5.41, 5.74) is 6.61. The van der Waals surface area contributed by atoms with Gasteiger partial charge in [0.05, 0.1) is 0 Å². The van der Waals surface area contributed by atoms with Crippen LogP contribution in [0.1, 0.15) is 58.3 Å². The Morgan fingerprint density at radius 2 is 1.54 bits per heavy atom. The van der Waals surface area contributed by atoms with Gasteiger partial charge in [0.15, 0.2) is 0 Å². The predicted molar refractivity (Wildman–Crippen MR) is 56.5 cm³/mol. The molecule has 0 aromatic carbocycles. The zero-order chi connectivity index (χ0) is 9.31. The van der Waals surface area contributed by atoms with E-state index in [0.29, 0.717) is 11.5 Å². The van der Waals surface area contributed by atoms with Crippen molar-refractivity contribution in [3.05, 3.63) is 0 Å². The second kappa shape index (κ2) is 3.61. The van der Waals surface area contributed by atoms with Crippen LogP contribution in [0.15, 0.2) is 0 Å². The van der Waals surface area contributed by atoms with E-state index in [4.69, 9.17) is 5.73 Å². The Morgan fingerprint density at radius 3 is 2.08 bits per heavy atom. The molecule has 2 fully saturated rings. The quantitative estimate of drug-likeness (QED) is 0.661. The largest absolute Gasteiger partial charge is 0.328 e. The fraction of sp³-hybridized carbons (Fsp3) is 1.00. The molecule has 0 aromatic rings. The average Bonchev–Trinajstić information content (AvgIpc) is 2.63. The topological polar surface area (TPSA) is 26.0 Å². The Hall–Kier alpha value is -0.0400. The minimum Gasteiger partial charge on any atom is -0.328 e. The molecule has 0 bridgehead atoms. The van der Waals surface area contributed by atoms with E-state index in [9.17, 15) is 0 Å². The third-order valence-electron chi connectivity index (χ3n) is 4.51. The summed E-state index contributed by atoms with van der Waals surface area (Å²) in [6.45, 7) is 2.51. The molecule has 0 heterocycles. The lowest BCUT2D eigenvalue weighted by atomic mass is 9.66. The fourth-order valence-electron chi connectivity index (χ4n) is 3.33. The van der Waals surface area contributed by atoms with Crippen LogP contribution in [-0.4, -0.2) is 6.04 Å². The number of hydrogen-bond donors (Lipinski definition) is 1. The lowest BCUT2D eigenvalue weighted by Crippen LogP contribution is -2.36. The van der Waals surface area contributed by atoms with E-state index in [1.807, 2.05) is 0 Å². The Balaban J connectivity index is 1.95. The third-order valence-corrected chi connectivity index (χ3v) is 4.51. The highest BCUT2D eigenvalue weighted by molar-refractivity contribution is 4.90. The first-order valence-corrected chi connectivity index (χ1v) is 5.96. The molecule has 2 aliphatic rings. The molecule has 0 aromatic heterocycles. The summed E-state index contributed by atoms with van der Waals surface area (Å²) >= 11 is 0. The summed E-state index contributed by atoms with van der Waals surface area (Å²) in [7, 11) is 0. The van der Waals surface area contributed by atoms with Gasteiger partial charge in [0, 0.05) is 6.04 Å². The molecule has 2 rings (SSSR count). The Labute approximate surface area is 82.1 Å². The molecule has 2 N–H and O–H groups in total. The molecule has 76 valence electrons. The third kappa shape index (κ3) is 1.90. The maximum absolute atomic E-state index is 5.95. The van der Waals surface area contributed by atoms with Gasteiger partial charge in [-0.2, -0.15) is 0 Å². The highest BCUT2D eigenvalue weighted by Crippen LogP contribution is 2.48. The average molecular weight is 181 g/mol. The van der Waals surface area contributed by atoms with Gasteiger partial charge in [-0.25, -0.2) is 0 Å². The van der Waals surface area contributed by atoms with Crippen molar-refractivity contribution < 1.29 is 0 Å². The fourth-order valence-corrected chi connectivity index (χ4v) is 3.33. The molecule has 0 aliphatic heterocycles. The summed E-state index contributed by atoms with van der Waals surface area (Å²) in [6, 6.07) is 0.509. The molecule has 13 heavy (non-hydrogen) atoms. The molecule has 0 unspecified atom stereocenters. The smallest absolute Gasteiger partial charge is 0.00392 e. The molecular formula is C12H23N. The van der Waals surface area contributed by atoms with Crippen LogP contribution in [0.3, 0.4) is 0 Å². The Bertz CT molecular complexity index is 162. The lowest BCUT2D eigenvalue weighted by molar-refractivity contribution is 0.113. The predicted octanol–water partition coefficient (Wildman–Crippen LogP) is 3.08. The Morgan fingerprint density at radius 1 is 1.00 bits per heavy atom. The number of rotatable bonds is 1. The van der Waals surface area contributed by atoms with Crippen molar-refractivity contribution in [2.45, 2.75) is 64.3 Å². The lowest BCUT2D eigenvalue weighted by Gasteiger charge is -2.41. The molecule has 2 saturated carbocycles. The summed E-state index contributed by atoms with van der Waals surface area (Å²) < 4.78 is 0. The van der Waals surface area contributed by atoms with E-state index < -0.39 is 0 Å². The van der Waals surface area contributed by atoms with Gasteiger partial charge >= 0.3 is 0 Å². The van der Waals surface area contributed by atoms with Gasteiger partial charge in [-0.15, -0.1) is 0 Å². The van der Waals surface area contributed by atoms with Crippen molar-refractivity contribution in [1.82, 2.24) is 0 Å². The molecule has 1 nitrogen and oxygen atoms in total. The molecular weight excluding hydrogens is 158 g/mol. The monoisotopic (exact) mass is 181 g/mol. The number of hydrogen-bond acceptors (Lipinski definition) is 1. The summed E-state index contributed by atoms with van der Waals surface area (Å²) in [5.74, 6) is 1.03. The van der Waals surface area contributed by atoms with E-state index in [1.54, 1.807) is 0 Å². The van der Waals surface area contributed by atoms with Crippen LogP contribution in [-0.2, 0) is 0 Å². The van der Waals surface area contributed by atoms with E-state index >= 15 is 0 Å². The standard InChI is InChI=1S/C12H23N/c1-12(10-4-2-3-5-10)8-6-11(13)7-9-12/h10-11H,2-9,13H2,1H3. The van der Waals surface area contributed by atoms with Gasteiger partial charge in [0.1, 0.15) is 0 Å². The SMILES string of the molecule is CC1(C2CCCC2)CCC(N)CC1. The van der Waals surface area contributed by atoms with Gasteiger partial charge < -0.3 is 5.73 Å².